The second kappa shape index (κ2) is 7.16. The van der Waals surface area contributed by atoms with Gasteiger partial charge >= 0.3 is 0 Å². The summed E-state index contributed by atoms with van der Waals surface area (Å²) in [5.74, 6) is 0.971. The van der Waals surface area contributed by atoms with Crippen molar-refractivity contribution in [2.45, 2.75) is 6.54 Å². The molecular weight excluding hydrogens is 336 g/mol. The summed E-state index contributed by atoms with van der Waals surface area (Å²) in [6.07, 6.45) is 3.49. The number of pyridine rings is 1. The van der Waals surface area contributed by atoms with Gasteiger partial charge in [0.25, 0.3) is 5.91 Å². The summed E-state index contributed by atoms with van der Waals surface area (Å²) in [4.78, 5) is 21.4. The molecule has 0 radical (unpaired) electrons. The molecule has 0 spiro atoms. The molecule has 0 atom stereocenters. The SMILES string of the molecule is O=C(c1cccs1)N1CCN(Cc2cc(-c3ccncc3)no2)CC1. The molecule has 0 saturated carbocycles. The lowest BCUT2D eigenvalue weighted by Gasteiger charge is -2.33. The normalized spacial score (nSPS) is 15.4. The van der Waals surface area contributed by atoms with Crippen molar-refractivity contribution >= 4 is 17.2 Å². The molecule has 0 bridgehead atoms. The lowest BCUT2D eigenvalue weighted by Crippen LogP contribution is -2.48. The Morgan fingerprint density at radius 1 is 1.16 bits per heavy atom. The first-order chi connectivity index (χ1) is 12.3. The summed E-state index contributed by atoms with van der Waals surface area (Å²) < 4.78 is 5.46. The summed E-state index contributed by atoms with van der Waals surface area (Å²) >= 11 is 1.50. The zero-order valence-electron chi connectivity index (χ0n) is 13.7. The third-order valence-electron chi connectivity index (χ3n) is 4.31. The molecule has 1 amide bonds. The molecule has 4 rings (SSSR count). The molecule has 3 aromatic heterocycles. The van der Waals surface area contributed by atoms with Crippen LogP contribution in [-0.2, 0) is 6.54 Å². The van der Waals surface area contributed by atoms with Crippen LogP contribution in [0.4, 0.5) is 0 Å². The second-order valence-electron chi connectivity index (χ2n) is 5.96. The fourth-order valence-electron chi connectivity index (χ4n) is 2.93. The van der Waals surface area contributed by atoms with Gasteiger partial charge in [-0.15, -0.1) is 11.3 Å². The minimum atomic E-state index is 0.134. The van der Waals surface area contributed by atoms with Crippen molar-refractivity contribution in [3.8, 4) is 11.3 Å². The molecule has 0 aliphatic carbocycles. The predicted molar refractivity (Wildman–Crippen MR) is 95.2 cm³/mol. The largest absolute Gasteiger partial charge is 0.359 e. The van der Waals surface area contributed by atoms with Gasteiger partial charge in [-0.2, -0.15) is 0 Å². The number of thiophene rings is 1. The van der Waals surface area contributed by atoms with Crippen LogP contribution in [0.1, 0.15) is 15.4 Å². The highest BCUT2D eigenvalue weighted by Crippen LogP contribution is 2.20. The Labute approximate surface area is 149 Å². The fourth-order valence-corrected chi connectivity index (χ4v) is 3.62. The number of hydrogen-bond acceptors (Lipinski definition) is 6. The van der Waals surface area contributed by atoms with Gasteiger partial charge in [0, 0.05) is 50.2 Å². The van der Waals surface area contributed by atoms with Crippen LogP contribution in [0, 0.1) is 0 Å². The summed E-state index contributed by atoms with van der Waals surface area (Å²) in [5, 5.41) is 6.07. The van der Waals surface area contributed by atoms with E-state index in [4.69, 9.17) is 4.52 Å². The van der Waals surface area contributed by atoms with Crippen molar-refractivity contribution < 1.29 is 9.32 Å². The van der Waals surface area contributed by atoms with Crippen LogP contribution in [0.15, 0.2) is 52.6 Å². The lowest BCUT2D eigenvalue weighted by atomic mass is 10.2. The van der Waals surface area contributed by atoms with E-state index in [1.807, 2.05) is 40.6 Å². The average Bonchev–Trinajstić information content (AvgIpc) is 3.35. The van der Waals surface area contributed by atoms with Crippen molar-refractivity contribution in [1.82, 2.24) is 19.9 Å². The Hall–Kier alpha value is -2.51. The number of piperazine rings is 1. The first kappa shape index (κ1) is 16.0. The highest BCUT2D eigenvalue weighted by molar-refractivity contribution is 7.12. The van der Waals surface area contributed by atoms with E-state index < -0.39 is 0 Å². The number of nitrogens with zero attached hydrogens (tertiary/aromatic N) is 4. The van der Waals surface area contributed by atoms with Crippen molar-refractivity contribution in [1.29, 1.82) is 0 Å². The Morgan fingerprint density at radius 2 is 1.96 bits per heavy atom. The predicted octanol–water partition coefficient (Wildman–Crippen LogP) is 2.76. The van der Waals surface area contributed by atoms with Crippen LogP contribution < -0.4 is 0 Å². The Kier molecular flexibility index (Phi) is 4.58. The van der Waals surface area contributed by atoms with Crippen molar-refractivity contribution in [3.05, 3.63) is 58.7 Å². The van der Waals surface area contributed by atoms with Crippen LogP contribution in [0.2, 0.25) is 0 Å². The first-order valence-corrected chi connectivity index (χ1v) is 9.09. The molecule has 0 N–H and O–H groups in total. The highest BCUT2D eigenvalue weighted by atomic mass is 32.1. The van der Waals surface area contributed by atoms with Gasteiger partial charge in [0.15, 0.2) is 5.76 Å². The van der Waals surface area contributed by atoms with Crippen molar-refractivity contribution in [2.24, 2.45) is 0 Å². The minimum Gasteiger partial charge on any atom is -0.359 e. The third kappa shape index (κ3) is 3.62. The molecule has 7 heteroatoms. The number of hydrogen-bond donors (Lipinski definition) is 0. The standard InChI is InChI=1S/C18H18N4O2S/c23-18(17-2-1-11-25-17)22-9-7-21(8-10-22)13-15-12-16(20-24-15)14-3-5-19-6-4-14/h1-6,11-12H,7-10,13H2. The molecule has 1 aliphatic rings. The van der Waals surface area contributed by atoms with E-state index >= 15 is 0 Å². The van der Waals surface area contributed by atoms with E-state index in [1.54, 1.807) is 12.4 Å². The van der Waals surface area contributed by atoms with E-state index in [-0.39, 0.29) is 5.91 Å². The topological polar surface area (TPSA) is 62.5 Å². The van der Waals surface area contributed by atoms with Gasteiger partial charge in [-0.25, -0.2) is 0 Å². The Bertz CT molecular complexity index is 824. The van der Waals surface area contributed by atoms with Gasteiger partial charge in [0.05, 0.1) is 11.4 Å². The maximum absolute atomic E-state index is 12.4. The van der Waals surface area contributed by atoms with E-state index in [0.717, 1.165) is 48.1 Å². The molecule has 0 aromatic carbocycles. The third-order valence-corrected chi connectivity index (χ3v) is 5.16. The van der Waals surface area contributed by atoms with Gasteiger partial charge < -0.3 is 9.42 Å². The number of carbonyl (C=O) groups excluding carboxylic acids is 1. The zero-order valence-corrected chi connectivity index (χ0v) is 14.5. The van der Waals surface area contributed by atoms with Crippen LogP contribution in [0.5, 0.6) is 0 Å². The molecule has 1 aliphatic heterocycles. The zero-order chi connectivity index (χ0) is 17.1. The molecule has 0 unspecified atom stereocenters. The molecule has 3 aromatic rings. The minimum absolute atomic E-state index is 0.134. The highest BCUT2D eigenvalue weighted by Gasteiger charge is 2.23. The summed E-state index contributed by atoms with van der Waals surface area (Å²) in [7, 11) is 0. The average molecular weight is 354 g/mol. The van der Waals surface area contributed by atoms with Crippen molar-refractivity contribution in [3.63, 3.8) is 0 Å². The van der Waals surface area contributed by atoms with Crippen LogP contribution in [0.25, 0.3) is 11.3 Å². The smallest absolute Gasteiger partial charge is 0.264 e. The summed E-state index contributed by atoms with van der Waals surface area (Å²) in [5.41, 5.74) is 1.82. The summed E-state index contributed by atoms with van der Waals surface area (Å²) in [6, 6.07) is 9.60. The summed E-state index contributed by atoms with van der Waals surface area (Å²) in [6.45, 7) is 3.86. The van der Waals surface area contributed by atoms with Gasteiger partial charge in [-0.05, 0) is 23.6 Å². The van der Waals surface area contributed by atoms with E-state index in [9.17, 15) is 4.79 Å². The van der Waals surface area contributed by atoms with E-state index in [2.05, 4.69) is 15.0 Å². The second-order valence-corrected chi connectivity index (χ2v) is 6.91. The van der Waals surface area contributed by atoms with Crippen molar-refractivity contribution in [2.75, 3.05) is 26.2 Å². The van der Waals surface area contributed by atoms with Gasteiger partial charge in [0.2, 0.25) is 0 Å². The fraction of sp³-hybridized carbons (Fsp3) is 0.278. The molecule has 1 saturated heterocycles. The molecule has 25 heavy (non-hydrogen) atoms. The number of aromatic nitrogens is 2. The van der Waals surface area contributed by atoms with Crippen LogP contribution >= 0.6 is 11.3 Å². The monoisotopic (exact) mass is 354 g/mol. The number of amides is 1. The number of rotatable bonds is 4. The molecule has 128 valence electrons. The van der Waals surface area contributed by atoms with Crippen LogP contribution in [0.3, 0.4) is 0 Å². The molecule has 6 nitrogen and oxygen atoms in total. The van der Waals surface area contributed by atoms with Crippen LogP contribution in [-0.4, -0.2) is 52.0 Å². The molecule has 1 fully saturated rings. The molecule has 4 heterocycles. The quantitative estimate of drug-likeness (QED) is 0.721. The van der Waals surface area contributed by atoms with Gasteiger partial charge in [-0.1, -0.05) is 11.2 Å². The number of carbonyl (C=O) groups is 1. The lowest BCUT2D eigenvalue weighted by molar-refractivity contribution is 0.0622. The van der Waals surface area contributed by atoms with E-state index in [1.165, 1.54) is 11.3 Å². The maximum atomic E-state index is 12.4. The van der Waals surface area contributed by atoms with E-state index in [0.29, 0.717) is 6.54 Å². The van der Waals surface area contributed by atoms with Gasteiger partial charge in [-0.3, -0.25) is 14.7 Å². The Morgan fingerprint density at radius 3 is 2.68 bits per heavy atom. The first-order valence-electron chi connectivity index (χ1n) is 8.21. The maximum Gasteiger partial charge on any atom is 0.264 e. The Balaban J connectivity index is 1.33. The van der Waals surface area contributed by atoms with Gasteiger partial charge in [0.1, 0.15) is 5.69 Å². The molecular formula is C18H18N4O2S.